The number of para-hydroxylation sites is 1. The molecule has 10 heteroatoms. The summed E-state index contributed by atoms with van der Waals surface area (Å²) in [5.74, 6) is -0.214. The Bertz CT molecular complexity index is 1010. The lowest BCUT2D eigenvalue weighted by Crippen LogP contribution is -2.51. The highest BCUT2D eigenvalue weighted by Crippen LogP contribution is 2.34. The second-order valence-corrected chi connectivity index (χ2v) is 7.52. The van der Waals surface area contributed by atoms with E-state index in [4.69, 9.17) is 10.00 Å². The van der Waals surface area contributed by atoms with Crippen molar-refractivity contribution in [2.24, 2.45) is 0 Å². The largest absolute Gasteiger partial charge is 0.484 e. The zero-order valence-corrected chi connectivity index (χ0v) is 17.8. The van der Waals surface area contributed by atoms with Crippen LogP contribution in [0.5, 0.6) is 5.75 Å². The summed E-state index contributed by atoms with van der Waals surface area (Å²) >= 11 is 0. The molecular weight excluding hydrogens is 437 g/mol. The Morgan fingerprint density at radius 2 is 1.70 bits per heavy atom. The first-order valence-corrected chi connectivity index (χ1v) is 10.3. The number of hydrogen-bond acceptors (Lipinski definition) is 5. The molecule has 0 aliphatic carbocycles. The van der Waals surface area contributed by atoms with E-state index >= 15 is 0 Å². The second-order valence-electron chi connectivity index (χ2n) is 7.52. The summed E-state index contributed by atoms with van der Waals surface area (Å²) in [6.07, 6.45) is -4.26. The van der Waals surface area contributed by atoms with Crippen LogP contribution in [0.1, 0.15) is 11.1 Å². The average Bonchev–Trinajstić information content (AvgIpc) is 2.79. The minimum Gasteiger partial charge on any atom is -0.484 e. The highest BCUT2D eigenvalue weighted by atomic mass is 19.4. The molecule has 0 saturated carbocycles. The summed E-state index contributed by atoms with van der Waals surface area (Å²) in [6.45, 7) is 1.41. The van der Waals surface area contributed by atoms with Crippen LogP contribution < -0.4 is 10.1 Å². The number of carbonyl (C=O) groups excluding carboxylic acids is 2. The molecule has 2 aromatic carbocycles. The SMILES string of the molecule is N#CCc1ccc(OCC(=O)N2CCN(CC(=O)Nc3ccccc3C(F)(F)F)CC2)cc1. The number of nitrogens with one attached hydrogen (secondary N) is 1. The lowest BCUT2D eigenvalue weighted by molar-refractivity contribution is -0.137. The Kier molecular flexibility index (Phi) is 7.90. The van der Waals surface area contributed by atoms with E-state index in [1.807, 2.05) is 0 Å². The highest BCUT2D eigenvalue weighted by molar-refractivity contribution is 5.93. The molecule has 1 fully saturated rings. The fourth-order valence-electron chi connectivity index (χ4n) is 3.42. The Morgan fingerprint density at radius 3 is 2.33 bits per heavy atom. The van der Waals surface area contributed by atoms with Gasteiger partial charge in [0.05, 0.1) is 30.3 Å². The summed E-state index contributed by atoms with van der Waals surface area (Å²) in [6, 6.07) is 13.8. The van der Waals surface area contributed by atoms with Crippen LogP contribution in [0, 0.1) is 11.3 Å². The minimum atomic E-state index is -4.56. The van der Waals surface area contributed by atoms with Crippen molar-refractivity contribution in [3.05, 3.63) is 59.7 Å². The fraction of sp³-hybridized carbons (Fsp3) is 0.348. The normalized spacial score (nSPS) is 14.4. The summed E-state index contributed by atoms with van der Waals surface area (Å²) in [7, 11) is 0. The van der Waals surface area contributed by atoms with E-state index in [0.29, 0.717) is 38.3 Å². The number of benzene rings is 2. The number of rotatable bonds is 7. The van der Waals surface area contributed by atoms with Gasteiger partial charge < -0.3 is 15.0 Å². The Labute approximate surface area is 189 Å². The predicted octanol–water partition coefficient (Wildman–Crippen LogP) is 2.93. The van der Waals surface area contributed by atoms with Crippen LogP contribution in [-0.2, 0) is 22.2 Å². The number of amides is 2. The Morgan fingerprint density at radius 1 is 1.03 bits per heavy atom. The van der Waals surface area contributed by atoms with Crippen LogP contribution in [0.3, 0.4) is 0 Å². The molecule has 2 amide bonds. The maximum atomic E-state index is 13.1. The van der Waals surface area contributed by atoms with Crippen LogP contribution in [0.15, 0.2) is 48.5 Å². The molecule has 1 aliphatic heterocycles. The second kappa shape index (κ2) is 10.8. The number of nitriles is 1. The van der Waals surface area contributed by atoms with E-state index in [1.54, 1.807) is 34.1 Å². The third-order valence-corrected chi connectivity index (χ3v) is 5.17. The quantitative estimate of drug-likeness (QED) is 0.687. The van der Waals surface area contributed by atoms with E-state index in [2.05, 4.69) is 11.4 Å². The molecule has 7 nitrogen and oxygen atoms in total. The van der Waals surface area contributed by atoms with Gasteiger partial charge in [0.15, 0.2) is 6.61 Å². The van der Waals surface area contributed by atoms with Crippen LogP contribution in [0.2, 0.25) is 0 Å². The summed E-state index contributed by atoms with van der Waals surface area (Å²) in [4.78, 5) is 28.1. The van der Waals surface area contributed by atoms with Crippen molar-refractivity contribution < 1.29 is 27.5 Å². The van der Waals surface area contributed by atoms with E-state index in [0.717, 1.165) is 11.6 Å². The lowest BCUT2D eigenvalue weighted by atomic mass is 10.1. The Hall–Kier alpha value is -3.58. The summed E-state index contributed by atoms with van der Waals surface area (Å²) in [5, 5.41) is 11.0. The van der Waals surface area contributed by atoms with Crippen molar-refractivity contribution in [2.75, 3.05) is 44.6 Å². The number of piperazine rings is 1. The van der Waals surface area contributed by atoms with Crippen molar-refractivity contribution in [1.82, 2.24) is 9.80 Å². The Balaban J connectivity index is 1.43. The summed E-state index contributed by atoms with van der Waals surface area (Å²) < 4.78 is 44.7. The van der Waals surface area contributed by atoms with Gasteiger partial charge in [-0.1, -0.05) is 24.3 Å². The van der Waals surface area contributed by atoms with Gasteiger partial charge in [-0.25, -0.2) is 0 Å². The van der Waals surface area contributed by atoms with Crippen LogP contribution in [0.4, 0.5) is 18.9 Å². The van der Waals surface area contributed by atoms with Gasteiger partial charge in [-0.15, -0.1) is 0 Å². The van der Waals surface area contributed by atoms with Gasteiger partial charge in [0.25, 0.3) is 5.91 Å². The number of carbonyl (C=O) groups is 2. The van der Waals surface area contributed by atoms with E-state index in [1.165, 1.54) is 18.2 Å². The lowest BCUT2D eigenvalue weighted by Gasteiger charge is -2.34. The fourth-order valence-corrected chi connectivity index (χ4v) is 3.42. The first kappa shape index (κ1) is 24.1. The molecule has 2 aromatic rings. The van der Waals surface area contributed by atoms with Gasteiger partial charge in [0.2, 0.25) is 5.91 Å². The molecule has 1 saturated heterocycles. The number of nitrogens with zero attached hydrogens (tertiary/aromatic N) is 3. The van der Waals surface area contributed by atoms with Gasteiger partial charge in [-0.3, -0.25) is 14.5 Å². The number of anilines is 1. The molecule has 0 atom stereocenters. The van der Waals surface area contributed by atoms with Crippen molar-refractivity contribution in [3.63, 3.8) is 0 Å². The van der Waals surface area contributed by atoms with Crippen molar-refractivity contribution in [3.8, 4) is 11.8 Å². The standard InChI is InChI=1S/C23H23F3N4O3/c24-23(25,26)19-3-1-2-4-20(19)28-21(31)15-29-11-13-30(14-12-29)22(32)16-33-18-7-5-17(6-8-18)9-10-27/h1-8H,9,11-16H2,(H,28,31). The van der Waals surface area contributed by atoms with Gasteiger partial charge >= 0.3 is 6.18 Å². The van der Waals surface area contributed by atoms with Gasteiger partial charge in [0.1, 0.15) is 5.75 Å². The van der Waals surface area contributed by atoms with Crippen molar-refractivity contribution in [2.45, 2.75) is 12.6 Å². The molecule has 0 unspecified atom stereocenters. The van der Waals surface area contributed by atoms with E-state index < -0.39 is 17.6 Å². The van der Waals surface area contributed by atoms with Crippen LogP contribution >= 0.6 is 0 Å². The average molecular weight is 460 g/mol. The number of hydrogen-bond donors (Lipinski definition) is 1. The minimum absolute atomic E-state index is 0.0697. The third-order valence-electron chi connectivity index (χ3n) is 5.17. The van der Waals surface area contributed by atoms with Gasteiger partial charge in [0, 0.05) is 26.2 Å². The molecule has 1 aliphatic rings. The molecule has 0 bridgehead atoms. The number of alkyl halides is 3. The van der Waals surface area contributed by atoms with Crippen molar-refractivity contribution >= 4 is 17.5 Å². The molecule has 0 aromatic heterocycles. The first-order valence-electron chi connectivity index (χ1n) is 10.3. The van der Waals surface area contributed by atoms with Crippen LogP contribution in [-0.4, -0.2) is 60.9 Å². The summed E-state index contributed by atoms with van der Waals surface area (Å²) in [5.41, 5.74) is -0.312. The molecule has 3 rings (SSSR count). The van der Waals surface area contributed by atoms with E-state index in [9.17, 15) is 22.8 Å². The molecule has 1 heterocycles. The molecule has 0 radical (unpaired) electrons. The molecule has 1 N–H and O–H groups in total. The number of halogens is 3. The monoisotopic (exact) mass is 460 g/mol. The maximum Gasteiger partial charge on any atom is 0.418 e. The van der Waals surface area contributed by atoms with Crippen molar-refractivity contribution in [1.29, 1.82) is 5.26 Å². The van der Waals surface area contributed by atoms with Gasteiger partial charge in [-0.05, 0) is 29.8 Å². The van der Waals surface area contributed by atoms with E-state index in [-0.39, 0.29) is 24.7 Å². The third kappa shape index (κ3) is 6.95. The molecule has 174 valence electrons. The number of ether oxygens (including phenoxy) is 1. The van der Waals surface area contributed by atoms with Gasteiger partial charge in [-0.2, -0.15) is 18.4 Å². The zero-order valence-electron chi connectivity index (χ0n) is 17.8. The van der Waals surface area contributed by atoms with Crippen LogP contribution in [0.25, 0.3) is 0 Å². The predicted molar refractivity (Wildman–Crippen MR) is 114 cm³/mol. The first-order chi connectivity index (χ1) is 15.8. The topological polar surface area (TPSA) is 85.7 Å². The highest BCUT2D eigenvalue weighted by Gasteiger charge is 2.33. The molecule has 0 spiro atoms. The zero-order chi connectivity index (χ0) is 23.8. The molecular formula is C23H23F3N4O3. The molecule has 33 heavy (non-hydrogen) atoms. The smallest absolute Gasteiger partial charge is 0.418 e. The maximum absolute atomic E-state index is 13.1.